The number of carbonyl (C=O) groups excluding carboxylic acids is 9. The molecule has 0 aliphatic carbocycles. The number of hydrogen-bond donors (Lipinski definition) is 8. The number of hydrogen-bond acceptors (Lipinski definition) is 26. The van der Waals surface area contributed by atoms with Crippen LogP contribution in [0.1, 0.15) is 386 Å². The summed E-state index contributed by atoms with van der Waals surface area (Å²) >= 11 is 1.54. The Balaban J connectivity index is 0.692. The third-order valence-corrected chi connectivity index (χ3v) is 31.9. The lowest BCUT2D eigenvalue weighted by atomic mass is 10.0. The van der Waals surface area contributed by atoms with Crippen molar-refractivity contribution in [3.63, 3.8) is 0 Å². The third kappa shape index (κ3) is 58.3. The van der Waals surface area contributed by atoms with Crippen LogP contribution in [0, 0.1) is 11.8 Å². The average molecular weight is 2020 g/mol. The molecule has 12 atom stereocenters. The minimum Gasteiger partial charge on any atom is -0.389 e. The van der Waals surface area contributed by atoms with E-state index in [1.807, 2.05) is 0 Å². The topological polar surface area (TPSA) is 394 Å². The highest BCUT2D eigenvalue weighted by molar-refractivity contribution is 8.00. The van der Waals surface area contributed by atoms with Gasteiger partial charge in [0.25, 0.3) is 0 Å². The fraction of sp³-hybridized carbons (Fsp3) is 0.850. The van der Waals surface area contributed by atoms with Crippen LogP contribution in [0.15, 0.2) is 12.3 Å². The number of nitrogens with one attached hydrogen (secondary N) is 4. The predicted octanol–water partition coefficient (Wildman–Crippen LogP) is 19.0. The molecule has 5 aliphatic heterocycles. The second-order valence-corrected chi connectivity index (χ2v) is 46.6. The van der Waals surface area contributed by atoms with Gasteiger partial charge in [-0.3, -0.25) is 57.9 Å². The summed E-state index contributed by atoms with van der Waals surface area (Å²) in [5, 5.41) is 11.4. The molecule has 8 N–H and O–H groups in total. The molecule has 0 spiro atoms. The molecular weight excluding hydrogens is 1840 g/mol. The Morgan fingerprint density at radius 2 is 0.743 bits per heavy atom. The van der Waals surface area contributed by atoms with Gasteiger partial charge >= 0.3 is 0 Å². The SMILES string of the molecule is C=C(CCOCCNC(=O)C(CCCCNC(=O)CCN1C(=O)CC(C)C1=O)NC(=O)CCN1C(=O)CC(C)C1=O)NCCCCCCOP(=C)(O)OCC1OCCC1OP(=C)(O)OCCCCCCCCCCCCCCCCCCCCCCCCCCCCCCCCCCCCCCCCCOP(=C)(O)OCC1OCCC1OP(=C)(O)OCCCCCCSC1CC(=O)N(C)C1=O. The average Bonchev–Trinajstić information content (AvgIpc) is 1.72. The van der Waals surface area contributed by atoms with E-state index in [2.05, 4.69) is 53.0 Å². The van der Waals surface area contributed by atoms with E-state index in [0.29, 0.717) is 84.7 Å². The van der Waals surface area contributed by atoms with Crippen LogP contribution in [0.25, 0.3) is 0 Å². The van der Waals surface area contributed by atoms with E-state index >= 15 is 0 Å². The number of nitrogens with zero attached hydrogens (tertiary/aromatic N) is 3. The summed E-state index contributed by atoms with van der Waals surface area (Å²) < 4.78 is 63.5. The van der Waals surface area contributed by atoms with E-state index in [1.165, 1.54) is 224 Å². The van der Waals surface area contributed by atoms with Crippen molar-refractivity contribution in [2.75, 3.05) is 112 Å². The maximum Gasteiger partial charge on any atom is 0.248 e. The van der Waals surface area contributed by atoms with E-state index in [0.717, 1.165) is 105 Å². The van der Waals surface area contributed by atoms with Gasteiger partial charge in [0, 0.05) is 122 Å². The van der Waals surface area contributed by atoms with Crippen LogP contribution >= 0.6 is 42.0 Å². The van der Waals surface area contributed by atoms with Crippen LogP contribution in [0.4, 0.5) is 0 Å². The number of carbonyl (C=O) groups is 9. The minimum absolute atomic E-state index is 0.0105. The number of amides is 9. The molecule has 31 nitrogen and oxygen atoms in total. The molecule has 0 saturated carbocycles. The van der Waals surface area contributed by atoms with E-state index in [9.17, 15) is 62.7 Å². The van der Waals surface area contributed by atoms with Crippen molar-refractivity contribution in [3.8, 4) is 0 Å². The Labute approximate surface area is 822 Å². The summed E-state index contributed by atoms with van der Waals surface area (Å²) in [5.41, 5.74) is 0.809. The lowest BCUT2D eigenvalue weighted by Gasteiger charge is -2.26. The fourth-order valence-electron chi connectivity index (χ4n) is 17.5. The van der Waals surface area contributed by atoms with Gasteiger partial charge in [-0.1, -0.05) is 284 Å². The second-order valence-electron chi connectivity index (χ2n) is 38.3. The molecule has 9 amide bonds. The number of rotatable bonds is 91. The molecule has 0 aromatic carbocycles. The zero-order valence-corrected chi connectivity index (χ0v) is 88.4. The standard InChI is InChI=1S/C100H183N7O24P4S/c1-83-78-95(111)106(98(83)114)67-59-92(108)102-65-52-50-58-86(104-93(109)60-68-107-96(112)79-84(2)99(107)115)97(113)103-66-76-121-73-61-85(3)101-64-51-44-47-55-70-125-133(6,118)129-82-90-87(62-74-123-90)130-134(7,119)126-71-54-46-43-41-39-37-35-33-31-29-27-25-23-21-19-17-15-13-11-9-10-12-14-16-18-20-22-24-26-28-30-32-34-36-38-40-42-45-53-69-124-132(5,117)128-81-89-88(63-75-122-89)131-135(8,120)127-72-56-48-49-57-77-136-91-80-94(110)105(4)100(91)116/h83-84,86-91,101,117-120H,3,5-82H2,1-2,4H3,(H,102,108)(H,103,113)(H,104,109). The van der Waals surface area contributed by atoms with Gasteiger partial charge in [0.1, 0.15) is 18.2 Å². The molecule has 36 heteroatoms. The van der Waals surface area contributed by atoms with Crippen molar-refractivity contribution in [2.45, 2.75) is 422 Å². The predicted molar refractivity (Wildman–Crippen MR) is 549 cm³/mol. The summed E-state index contributed by atoms with van der Waals surface area (Å²) in [6, 6.07) is -0.919. The summed E-state index contributed by atoms with van der Waals surface area (Å²) in [6.45, 7) is 11.4. The zero-order chi connectivity index (χ0) is 98.8. The first kappa shape index (κ1) is 123. The van der Waals surface area contributed by atoms with E-state index in [4.69, 9.17) is 50.4 Å². The van der Waals surface area contributed by atoms with Crippen molar-refractivity contribution in [1.29, 1.82) is 0 Å². The normalized spacial score (nSPS) is 20.7. The molecule has 5 aliphatic rings. The summed E-state index contributed by atoms with van der Waals surface area (Å²) in [6.07, 6.45) is 74.4. The Kier molecular flexibility index (Phi) is 67.0. The molecule has 0 aromatic rings. The number of ether oxygens (including phenoxy) is 3. The Morgan fingerprint density at radius 3 is 1.11 bits per heavy atom. The molecule has 0 aromatic heterocycles. The highest BCUT2D eigenvalue weighted by Gasteiger charge is 2.40. The molecule has 5 heterocycles. The Morgan fingerprint density at radius 1 is 0.397 bits per heavy atom. The molecule has 136 heavy (non-hydrogen) atoms. The monoisotopic (exact) mass is 2020 g/mol. The lowest BCUT2D eigenvalue weighted by Crippen LogP contribution is -2.48. The molecule has 0 bridgehead atoms. The van der Waals surface area contributed by atoms with Crippen LogP contribution in [-0.2, 0) is 93.6 Å². The number of thioether (sulfide) groups is 1. The summed E-state index contributed by atoms with van der Waals surface area (Å²) in [7, 11) is -11.8. The van der Waals surface area contributed by atoms with Gasteiger partial charge in [-0.05, 0) is 88.7 Å². The smallest absolute Gasteiger partial charge is 0.248 e. The van der Waals surface area contributed by atoms with E-state index in [-0.39, 0.29) is 144 Å². The molecule has 12 unspecified atom stereocenters. The summed E-state index contributed by atoms with van der Waals surface area (Å²) in [4.78, 5) is 158. The van der Waals surface area contributed by atoms with Crippen LogP contribution in [0.2, 0.25) is 0 Å². The van der Waals surface area contributed by atoms with Crippen molar-refractivity contribution in [2.24, 2.45) is 11.8 Å². The maximum absolute atomic E-state index is 13.3. The lowest BCUT2D eigenvalue weighted by molar-refractivity contribution is -0.141. The number of imide groups is 3. The molecular formula is C100H183N7O24P4S. The molecule has 5 saturated heterocycles. The van der Waals surface area contributed by atoms with Crippen molar-refractivity contribution < 1.29 is 113 Å². The second kappa shape index (κ2) is 74.2. The van der Waals surface area contributed by atoms with Crippen LogP contribution in [0.5, 0.6) is 0 Å². The van der Waals surface area contributed by atoms with Crippen molar-refractivity contribution in [3.05, 3.63) is 12.3 Å². The van der Waals surface area contributed by atoms with Gasteiger partial charge in [0.2, 0.25) is 83.4 Å². The number of likely N-dealkylation sites (tertiary alicyclic amines) is 3. The van der Waals surface area contributed by atoms with Crippen LogP contribution < -0.4 is 21.3 Å². The van der Waals surface area contributed by atoms with Gasteiger partial charge in [-0.15, -0.1) is 11.8 Å². The highest BCUT2D eigenvalue weighted by atomic mass is 32.2. The van der Waals surface area contributed by atoms with E-state index < -0.39 is 78.5 Å². The molecule has 788 valence electrons. The first-order valence-electron chi connectivity index (χ1n) is 52.7. The Bertz CT molecular complexity index is 3580. The fourth-order valence-corrected chi connectivity index (χ4v) is 22.7. The Hall–Kier alpha value is -3.68. The first-order valence-corrected chi connectivity index (χ1v) is 60.8. The third-order valence-electron chi connectivity index (χ3n) is 25.9. The highest BCUT2D eigenvalue weighted by Crippen LogP contribution is 2.50. The van der Waals surface area contributed by atoms with Gasteiger partial charge in [-0.2, -0.15) is 0 Å². The van der Waals surface area contributed by atoms with Gasteiger partial charge in [0.15, 0.2) is 0 Å². The number of unbranched alkanes of at least 4 members (excludes halogenated alkanes) is 45. The van der Waals surface area contributed by atoms with Gasteiger partial charge in [0.05, 0.1) is 70.3 Å². The first-order chi connectivity index (χ1) is 65.4. The van der Waals surface area contributed by atoms with Gasteiger partial charge < -0.3 is 91.2 Å². The summed E-state index contributed by atoms with van der Waals surface area (Å²) in [5.74, 6) is -2.67. The molecule has 0 radical (unpaired) electrons. The maximum atomic E-state index is 13.3. The van der Waals surface area contributed by atoms with E-state index in [1.54, 1.807) is 25.6 Å². The zero-order valence-electron chi connectivity index (χ0n) is 84.0. The molecule has 5 fully saturated rings. The van der Waals surface area contributed by atoms with Crippen LogP contribution in [0.3, 0.4) is 0 Å². The van der Waals surface area contributed by atoms with Gasteiger partial charge in [-0.25, -0.2) is 0 Å². The molecule has 5 rings (SSSR count). The van der Waals surface area contributed by atoms with Crippen molar-refractivity contribution in [1.82, 2.24) is 36.0 Å². The quantitative estimate of drug-likeness (QED) is 0.0159. The largest absolute Gasteiger partial charge is 0.389 e. The van der Waals surface area contributed by atoms with Crippen LogP contribution in [-0.4, -0.2) is 260 Å². The minimum atomic E-state index is -3.38. The van der Waals surface area contributed by atoms with Crippen molar-refractivity contribution >= 4 is 120 Å².